The van der Waals surface area contributed by atoms with Crippen molar-refractivity contribution in [2.24, 2.45) is 5.41 Å². The maximum atomic E-state index is 3.37. The lowest BCUT2D eigenvalue weighted by Gasteiger charge is -2.33. The smallest absolute Gasteiger partial charge is 0.0240 e. The van der Waals surface area contributed by atoms with Gasteiger partial charge in [-0.3, -0.25) is 0 Å². The molecule has 0 spiro atoms. The maximum absolute atomic E-state index is 3.37. The third-order valence-corrected chi connectivity index (χ3v) is 2.43. The monoisotopic (exact) mass is 172 g/mol. The number of rotatable bonds is 4. The number of nitrogens with zero attached hydrogens (tertiary/aromatic N) is 1. The summed E-state index contributed by atoms with van der Waals surface area (Å²) in [5, 5.41) is 3.37. The van der Waals surface area contributed by atoms with Gasteiger partial charge in [-0.2, -0.15) is 0 Å². The van der Waals surface area contributed by atoms with Crippen LogP contribution in [0, 0.1) is 5.41 Å². The molecular weight excluding hydrogens is 148 g/mol. The van der Waals surface area contributed by atoms with Gasteiger partial charge >= 0.3 is 0 Å². The molecule has 0 heterocycles. The van der Waals surface area contributed by atoms with Gasteiger partial charge < -0.3 is 10.2 Å². The molecule has 0 amide bonds. The molecule has 0 saturated carbocycles. The molecule has 2 nitrogen and oxygen atoms in total. The highest BCUT2D eigenvalue weighted by Gasteiger charge is 2.23. The van der Waals surface area contributed by atoms with Gasteiger partial charge in [0.1, 0.15) is 0 Å². The van der Waals surface area contributed by atoms with Gasteiger partial charge in [0.2, 0.25) is 0 Å². The summed E-state index contributed by atoms with van der Waals surface area (Å²) in [6.07, 6.45) is 0. The Morgan fingerprint density at radius 3 is 2.08 bits per heavy atom. The third-order valence-electron chi connectivity index (χ3n) is 2.43. The van der Waals surface area contributed by atoms with Crippen molar-refractivity contribution >= 4 is 0 Å². The van der Waals surface area contributed by atoms with Crippen LogP contribution in [-0.2, 0) is 0 Å². The van der Waals surface area contributed by atoms with Crippen LogP contribution in [0.1, 0.15) is 27.7 Å². The van der Waals surface area contributed by atoms with Crippen LogP contribution in [0.4, 0.5) is 0 Å². The highest BCUT2D eigenvalue weighted by Crippen LogP contribution is 2.19. The summed E-state index contributed by atoms with van der Waals surface area (Å²) in [7, 11) is 4.20. The largest absolute Gasteiger partial charge is 0.315 e. The normalized spacial score (nSPS) is 15.2. The van der Waals surface area contributed by atoms with Crippen LogP contribution < -0.4 is 5.32 Å². The van der Waals surface area contributed by atoms with E-state index in [-0.39, 0.29) is 0 Å². The van der Waals surface area contributed by atoms with Gasteiger partial charge in [-0.1, -0.05) is 27.7 Å². The predicted octanol–water partition coefficient (Wildman–Crippen LogP) is 1.57. The van der Waals surface area contributed by atoms with E-state index < -0.39 is 0 Å². The van der Waals surface area contributed by atoms with Gasteiger partial charge in [0, 0.05) is 12.6 Å². The quantitative estimate of drug-likeness (QED) is 0.692. The number of hydrogen-bond acceptors (Lipinski definition) is 2. The second-order valence-corrected chi connectivity index (χ2v) is 4.56. The van der Waals surface area contributed by atoms with Crippen molar-refractivity contribution in [3.05, 3.63) is 0 Å². The summed E-state index contributed by atoms with van der Waals surface area (Å²) in [6, 6.07) is 0.572. The molecule has 12 heavy (non-hydrogen) atoms. The second kappa shape index (κ2) is 4.83. The molecule has 0 rings (SSSR count). The average Bonchev–Trinajstić information content (AvgIpc) is 1.97. The van der Waals surface area contributed by atoms with E-state index in [1.807, 2.05) is 7.05 Å². The summed E-state index contributed by atoms with van der Waals surface area (Å²) in [5.41, 5.74) is 0.345. The SMILES string of the molecule is CCN(C)CC(NC)C(C)(C)C. The molecule has 74 valence electrons. The zero-order chi connectivity index (χ0) is 9.78. The molecule has 1 N–H and O–H groups in total. The van der Waals surface area contributed by atoms with Crippen LogP contribution in [0.25, 0.3) is 0 Å². The molecule has 0 aromatic rings. The summed E-state index contributed by atoms with van der Waals surface area (Å²) < 4.78 is 0. The van der Waals surface area contributed by atoms with Gasteiger partial charge in [0.05, 0.1) is 0 Å². The molecule has 0 aliphatic rings. The van der Waals surface area contributed by atoms with E-state index >= 15 is 0 Å². The summed E-state index contributed by atoms with van der Waals surface area (Å²) in [5.74, 6) is 0. The van der Waals surface area contributed by atoms with E-state index in [0.717, 1.165) is 13.1 Å². The Hall–Kier alpha value is -0.0800. The minimum atomic E-state index is 0.345. The maximum Gasteiger partial charge on any atom is 0.0240 e. The topological polar surface area (TPSA) is 15.3 Å². The van der Waals surface area contributed by atoms with Crippen LogP contribution in [-0.4, -0.2) is 38.1 Å². The fraction of sp³-hybridized carbons (Fsp3) is 1.00. The Kier molecular flexibility index (Phi) is 4.80. The highest BCUT2D eigenvalue weighted by atomic mass is 15.1. The zero-order valence-electron chi connectivity index (χ0n) is 9.44. The molecule has 0 aliphatic carbocycles. The van der Waals surface area contributed by atoms with Crippen LogP contribution >= 0.6 is 0 Å². The fourth-order valence-electron chi connectivity index (χ4n) is 1.24. The van der Waals surface area contributed by atoms with E-state index in [4.69, 9.17) is 0 Å². The first-order valence-corrected chi connectivity index (χ1v) is 4.77. The standard InChI is InChI=1S/C10H24N2/c1-7-12(6)8-9(11-5)10(2,3)4/h9,11H,7-8H2,1-6H3. The minimum Gasteiger partial charge on any atom is -0.315 e. The molecular formula is C10H24N2. The Morgan fingerprint density at radius 1 is 1.33 bits per heavy atom. The molecule has 0 radical (unpaired) electrons. The average molecular weight is 172 g/mol. The summed E-state index contributed by atoms with van der Waals surface area (Å²) in [6.45, 7) is 11.3. The first-order chi connectivity index (χ1) is 5.41. The van der Waals surface area contributed by atoms with E-state index in [1.54, 1.807) is 0 Å². The fourth-order valence-corrected chi connectivity index (χ4v) is 1.24. The van der Waals surface area contributed by atoms with Crippen LogP contribution in [0.3, 0.4) is 0 Å². The van der Waals surface area contributed by atoms with Crippen LogP contribution in [0.15, 0.2) is 0 Å². The van der Waals surface area contributed by atoms with E-state index in [9.17, 15) is 0 Å². The van der Waals surface area contributed by atoms with Gasteiger partial charge in [-0.15, -0.1) is 0 Å². The molecule has 1 atom stereocenters. The summed E-state index contributed by atoms with van der Waals surface area (Å²) >= 11 is 0. The van der Waals surface area contributed by atoms with Crippen molar-refractivity contribution in [2.45, 2.75) is 33.7 Å². The van der Waals surface area contributed by atoms with Crippen molar-refractivity contribution < 1.29 is 0 Å². The Balaban J connectivity index is 4.00. The van der Waals surface area contributed by atoms with Gasteiger partial charge in [-0.25, -0.2) is 0 Å². The minimum absolute atomic E-state index is 0.345. The zero-order valence-corrected chi connectivity index (χ0v) is 9.44. The number of nitrogens with one attached hydrogen (secondary N) is 1. The number of hydrogen-bond donors (Lipinski definition) is 1. The Bertz CT molecular complexity index is 115. The van der Waals surface area contributed by atoms with Crippen molar-refractivity contribution in [1.82, 2.24) is 10.2 Å². The molecule has 0 aromatic heterocycles. The molecule has 0 bridgehead atoms. The van der Waals surface area contributed by atoms with E-state index in [2.05, 4.69) is 45.0 Å². The lowest BCUT2D eigenvalue weighted by atomic mass is 9.86. The molecule has 0 aliphatic heterocycles. The van der Waals surface area contributed by atoms with Crippen LogP contribution in [0.5, 0.6) is 0 Å². The molecule has 1 unspecified atom stereocenters. The van der Waals surface area contributed by atoms with Crippen molar-refractivity contribution in [3.63, 3.8) is 0 Å². The Labute approximate surface area is 77.3 Å². The first-order valence-electron chi connectivity index (χ1n) is 4.77. The Morgan fingerprint density at radius 2 is 1.83 bits per heavy atom. The first kappa shape index (κ1) is 11.9. The van der Waals surface area contributed by atoms with Crippen molar-refractivity contribution in [2.75, 3.05) is 27.2 Å². The number of likely N-dealkylation sites (N-methyl/N-ethyl adjacent to an activating group) is 2. The van der Waals surface area contributed by atoms with Gasteiger partial charge in [-0.05, 0) is 26.1 Å². The molecule has 2 heteroatoms. The summed E-state index contributed by atoms with van der Waals surface area (Å²) in [4.78, 5) is 2.34. The highest BCUT2D eigenvalue weighted by molar-refractivity contribution is 4.81. The van der Waals surface area contributed by atoms with E-state index in [1.165, 1.54) is 0 Å². The second-order valence-electron chi connectivity index (χ2n) is 4.56. The molecule has 0 aromatic carbocycles. The van der Waals surface area contributed by atoms with Gasteiger partial charge in [0.25, 0.3) is 0 Å². The lowest BCUT2D eigenvalue weighted by molar-refractivity contribution is 0.207. The predicted molar refractivity (Wildman–Crippen MR) is 55.5 cm³/mol. The molecule has 0 saturated heterocycles. The van der Waals surface area contributed by atoms with E-state index in [0.29, 0.717) is 11.5 Å². The third kappa shape index (κ3) is 4.07. The van der Waals surface area contributed by atoms with Gasteiger partial charge in [0.15, 0.2) is 0 Å². The van der Waals surface area contributed by atoms with Crippen molar-refractivity contribution in [3.8, 4) is 0 Å². The molecule has 0 fully saturated rings. The van der Waals surface area contributed by atoms with Crippen molar-refractivity contribution in [1.29, 1.82) is 0 Å². The van der Waals surface area contributed by atoms with Crippen LogP contribution in [0.2, 0.25) is 0 Å². The lowest BCUT2D eigenvalue weighted by Crippen LogP contribution is -2.46.